The van der Waals surface area contributed by atoms with E-state index in [4.69, 9.17) is 30.5 Å². The quantitative estimate of drug-likeness (QED) is 0.346. The minimum absolute atomic E-state index is 0.189. The summed E-state index contributed by atoms with van der Waals surface area (Å²) in [5, 5.41) is 3.83. The zero-order valence-corrected chi connectivity index (χ0v) is 18.7. The van der Waals surface area contributed by atoms with Crippen molar-refractivity contribution < 1.29 is 28.5 Å². The summed E-state index contributed by atoms with van der Waals surface area (Å²) in [6.07, 6.45) is -0.815. The van der Waals surface area contributed by atoms with Crippen LogP contribution in [0.25, 0.3) is 21.5 Å². The van der Waals surface area contributed by atoms with E-state index in [1.807, 2.05) is 36.4 Å². The second-order valence-electron chi connectivity index (χ2n) is 7.36. The van der Waals surface area contributed by atoms with Gasteiger partial charge in [0.15, 0.2) is 0 Å². The molecule has 0 N–H and O–H groups in total. The number of benzene rings is 3. The van der Waals surface area contributed by atoms with Crippen LogP contribution in [0.15, 0.2) is 42.5 Å². The van der Waals surface area contributed by atoms with Crippen molar-refractivity contribution in [2.75, 3.05) is 13.2 Å². The number of ether oxygens (including phenoxy) is 4. The predicted molar refractivity (Wildman–Crippen MR) is 120 cm³/mol. The number of hydrogen-bond donors (Lipinski definition) is 0. The Labute approximate surface area is 186 Å². The molecule has 3 rings (SSSR count). The molecule has 6 nitrogen and oxygen atoms in total. The number of halogens is 1. The molecule has 31 heavy (non-hydrogen) atoms. The topological polar surface area (TPSA) is 71.1 Å². The van der Waals surface area contributed by atoms with E-state index in [9.17, 15) is 9.59 Å². The van der Waals surface area contributed by atoms with Crippen molar-refractivity contribution in [1.82, 2.24) is 0 Å². The molecule has 2 atom stereocenters. The molecular weight excluding hydrogens is 420 g/mol. The molecule has 0 aliphatic rings. The van der Waals surface area contributed by atoms with Crippen molar-refractivity contribution in [2.45, 2.75) is 39.9 Å². The molecule has 0 saturated heterocycles. The molecule has 164 valence electrons. The van der Waals surface area contributed by atoms with Crippen molar-refractivity contribution >= 4 is 45.1 Å². The van der Waals surface area contributed by atoms with Gasteiger partial charge in [0.2, 0.25) is 0 Å². The first-order chi connectivity index (χ1) is 14.8. The van der Waals surface area contributed by atoms with E-state index in [1.165, 1.54) is 13.8 Å². The van der Waals surface area contributed by atoms with E-state index in [1.54, 1.807) is 19.9 Å². The molecule has 3 aromatic rings. The summed E-state index contributed by atoms with van der Waals surface area (Å²) in [6, 6.07) is 13.2. The van der Waals surface area contributed by atoms with Gasteiger partial charge in [-0.3, -0.25) is 9.59 Å². The zero-order chi connectivity index (χ0) is 22.5. The Morgan fingerprint density at radius 3 is 1.71 bits per heavy atom. The Hall–Kier alpha value is -2.99. The van der Waals surface area contributed by atoms with Gasteiger partial charge >= 0.3 is 11.9 Å². The second kappa shape index (κ2) is 9.88. The molecule has 0 radical (unpaired) electrons. The summed E-state index contributed by atoms with van der Waals surface area (Å²) < 4.78 is 22.6. The minimum atomic E-state index is -0.411. The van der Waals surface area contributed by atoms with Crippen LogP contribution < -0.4 is 9.47 Å². The van der Waals surface area contributed by atoms with Crippen molar-refractivity contribution in [3.8, 4) is 11.5 Å². The fourth-order valence-corrected chi connectivity index (χ4v) is 3.59. The molecule has 0 spiro atoms. The zero-order valence-electron chi connectivity index (χ0n) is 17.9. The van der Waals surface area contributed by atoms with E-state index in [0.717, 1.165) is 21.5 Å². The van der Waals surface area contributed by atoms with E-state index < -0.39 is 12.2 Å². The lowest BCUT2D eigenvalue weighted by molar-refractivity contribution is -0.147. The highest BCUT2D eigenvalue weighted by molar-refractivity contribution is 6.31. The highest BCUT2D eigenvalue weighted by atomic mass is 35.5. The van der Waals surface area contributed by atoms with Crippen molar-refractivity contribution in [1.29, 1.82) is 0 Å². The average molecular weight is 445 g/mol. The molecule has 3 aromatic carbocycles. The predicted octanol–water partition coefficient (Wildman–Crippen LogP) is 5.31. The number of esters is 2. The van der Waals surface area contributed by atoms with Crippen LogP contribution >= 0.6 is 11.6 Å². The van der Waals surface area contributed by atoms with Crippen LogP contribution in [0.2, 0.25) is 5.02 Å². The standard InChI is InChI=1S/C24H25ClO6/c1-14(30-16(3)26)12-28-23-19-7-5-6-8-20(19)24(29-13-15(2)31-17(4)27)22-11-18(25)9-10-21(22)23/h5-11,14-15H,12-13H2,1-4H3. The van der Waals surface area contributed by atoms with E-state index in [-0.39, 0.29) is 25.2 Å². The molecule has 2 unspecified atom stereocenters. The van der Waals surface area contributed by atoms with Crippen LogP contribution in [-0.4, -0.2) is 37.4 Å². The van der Waals surface area contributed by atoms with Crippen LogP contribution in [0.4, 0.5) is 0 Å². The van der Waals surface area contributed by atoms with E-state index in [0.29, 0.717) is 16.5 Å². The second-order valence-corrected chi connectivity index (χ2v) is 7.79. The summed E-state index contributed by atoms with van der Waals surface area (Å²) in [4.78, 5) is 22.5. The fourth-order valence-electron chi connectivity index (χ4n) is 3.42. The Morgan fingerprint density at radius 1 is 0.774 bits per heavy atom. The van der Waals surface area contributed by atoms with Crippen LogP contribution in [0.5, 0.6) is 11.5 Å². The number of carbonyl (C=O) groups is 2. The monoisotopic (exact) mass is 444 g/mol. The average Bonchev–Trinajstić information content (AvgIpc) is 2.69. The SMILES string of the molecule is CC(=O)OC(C)COc1c2ccccc2c(OCC(C)OC(C)=O)c2cc(Cl)ccc12. The lowest BCUT2D eigenvalue weighted by Gasteiger charge is -2.20. The first-order valence-electron chi connectivity index (χ1n) is 10.00. The van der Waals surface area contributed by atoms with Crippen LogP contribution in [0, 0.1) is 0 Å². The summed E-state index contributed by atoms with van der Waals surface area (Å²) >= 11 is 6.29. The summed E-state index contributed by atoms with van der Waals surface area (Å²) in [5.41, 5.74) is 0. The van der Waals surface area contributed by atoms with Crippen molar-refractivity contribution in [3.05, 3.63) is 47.5 Å². The lowest BCUT2D eigenvalue weighted by Crippen LogP contribution is -2.21. The largest absolute Gasteiger partial charge is 0.488 e. The number of hydrogen-bond acceptors (Lipinski definition) is 6. The molecule has 0 amide bonds. The van der Waals surface area contributed by atoms with Gasteiger partial charge in [-0.25, -0.2) is 0 Å². The van der Waals surface area contributed by atoms with Crippen molar-refractivity contribution in [2.24, 2.45) is 0 Å². The van der Waals surface area contributed by atoms with Gasteiger partial charge in [0, 0.05) is 40.4 Å². The Bertz CT molecular complexity index is 1110. The van der Waals surface area contributed by atoms with Crippen LogP contribution in [-0.2, 0) is 19.1 Å². The third-order valence-electron chi connectivity index (χ3n) is 4.55. The number of carbonyl (C=O) groups excluding carboxylic acids is 2. The smallest absolute Gasteiger partial charge is 0.303 e. The summed E-state index contributed by atoms with van der Waals surface area (Å²) in [6.45, 7) is 6.67. The maximum absolute atomic E-state index is 11.2. The van der Waals surface area contributed by atoms with Gasteiger partial charge in [0.1, 0.15) is 36.9 Å². The molecule has 0 heterocycles. The molecule has 0 bridgehead atoms. The highest BCUT2D eigenvalue weighted by Gasteiger charge is 2.19. The molecular formula is C24H25ClO6. The van der Waals surface area contributed by atoms with Gasteiger partial charge < -0.3 is 18.9 Å². The van der Waals surface area contributed by atoms with Gasteiger partial charge in [-0.05, 0) is 32.0 Å². The number of rotatable bonds is 8. The molecule has 7 heteroatoms. The fraction of sp³-hybridized carbons (Fsp3) is 0.333. The van der Waals surface area contributed by atoms with Gasteiger partial charge in [0.05, 0.1) is 0 Å². The third-order valence-corrected chi connectivity index (χ3v) is 4.78. The maximum Gasteiger partial charge on any atom is 0.303 e. The Morgan fingerprint density at radius 2 is 1.23 bits per heavy atom. The minimum Gasteiger partial charge on any atom is -0.488 e. The Balaban J connectivity index is 2.06. The molecule has 0 fully saturated rings. The maximum atomic E-state index is 11.2. The molecule has 0 aromatic heterocycles. The van der Waals surface area contributed by atoms with Gasteiger partial charge in [0.25, 0.3) is 0 Å². The lowest BCUT2D eigenvalue weighted by atomic mass is 10.0. The first-order valence-corrected chi connectivity index (χ1v) is 10.4. The van der Waals surface area contributed by atoms with Crippen LogP contribution in [0.1, 0.15) is 27.7 Å². The summed E-state index contributed by atoms with van der Waals surface area (Å²) in [7, 11) is 0. The third kappa shape index (κ3) is 5.58. The number of fused-ring (bicyclic) bond motifs is 2. The highest BCUT2D eigenvalue weighted by Crippen LogP contribution is 2.43. The van der Waals surface area contributed by atoms with E-state index >= 15 is 0 Å². The normalized spacial score (nSPS) is 12.9. The van der Waals surface area contributed by atoms with Gasteiger partial charge in [-0.2, -0.15) is 0 Å². The van der Waals surface area contributed by atoms with Gasteiger partial charge in [-0.15, -0.1) is 0 Å². The van der Waals surface area contributed by atoms with E-state index in [2.05, 4.69) is 0 Å². The van der Waals surface area contributed by atoms with Gasteiger partial charge in [-0.1, -0.05) is 35.9 Å². The first kappa shape index (κ1) is 22.7. The Kier molecular flexibility index (Phi) is 7.23. The molecule has 0 aliphatic carbocycles. The van der Waals surface area contributed by atoms with Crippen molar-refractivity contribution in [3.63, 3.8) is 0 Å². The molecule has 0 saturated carbocycles. The van der Waals surface area contributed by atoms with Crippen LogP contribution in [0.3, 0.4) is 0 Å². The summed E-state index contributed by atoms with van der Waals surface area (Å²) in [5.74, 6) is 0.567. The molecule has 0 aliphatic heterocycles.